The van der Waals surface area contributed by atoms with Crippen LogP contribution < -0.4 is 0 Å². The van der Waals surface area contributed by atoms with Crippen LogP contribution in [-0.2, 0) is 0 Å². The zero-order valence-corrected chi connectivity index (χ0v) is 12.4. The molecule has 0 bridgehead atoms. The highest BCUT2D eigenvalue weighted by Crippen LogP contribution is 2.23. The van der Waals surface area contributed by atoms with Crippen molar-refractivity contribution in [3.8, 4) is 11.1 Å². The highest BCUT2D eigenvalue weighted by Gasteiger charge is 2.12. The smallest absolute Gasteiger partial charge is 0.253 e. The second kappa shape index (κ2) is 6.38. The summed E-state index contributed by atoms with van der Waals surface area (Å²) in [6.45, 7) is 7.60. The predicted octanol–water partition coefficient (Wildman–Crippen LogP) is 4.14. The number of hydrogen-bond donors (Lipinski definition) is 0. The minimum atomic E-state index is 0.103. The van der Waals surface area contributed by atoms with Gasteiger partial charge in [0.15, 0.2) is 0 Å². The number of hydrogen-bond acceptors (Lipinski definition) is 1. The van der Waals surface area contributed by atoms with E-state index in [0.717, 1.165) is 24.2 Å². The van der Waals surface area contributed by atoms with Crippen LogP contribution in [0, 0.1) is 6.92 Å². The molecule has 0 aliphatic rings. The van der Waals surface area contributed by atoms with Crippen molar-refractivity contribution < 1.29 is 4.79 Å². The van der Waals surface area contributed by atoms with Crippen LogP contribution in [0.15, 0.2) is 48.5 Å². The maximum absolute atomic E-state index is 12.2. The molecule has 0 heterocycles. The number of carbonyl (C=O) groups excluding carboxylic acids is 1. The first-order chi connectivity index (χ1) is 9.67. The molecule has 0 radical (unpaired) electrons. The van der Waals surface area contributed by atoms with E-state index < -0.39 is 0 Å². The van der Waals surface area contributed by atoms with E-state index >= 15 is 0 Å². The van der Waals surface area contributed by atoms with E-state index in [4.69, 9.17) is 0 Å². The van der Waals surface area contributed by atoms with Crippen LogP contribution in [0.1, 0.15) is 29.8 Å². The highest BCUT2D eigenvalue weighted by molar-refractivity contribution is 5.94. The Morgan fingerprint density at radius 3 is 2.10 bits per heavy atom. The van der Waals surface area contributed by atoms with Crippen molar-refractivity contribution in [3.05, 3.63) is 59.7 Å². The predicted molar refractivity (Wildman–Crippen MR) is 83.9 cm³/mol. The van der Waals surface area contributed by atoms with Crippen molar-refractivity contribution in [1.29, 1.82) is 0 Å². The summed E-state index contributed by atoms with van der Waals surface area (Å²) in [6.07, 6.45) is 0. The molecule has 1 amide bonds. The van der Waals surface area contributed by atoms with Gasteiger partial charge in [-0.15, -0.1) is 0 Å². The van der Waals surface area contributed by atoms with Gasteiger partial charge >= 0.3 is 0 Å². The Labute approximate surface area is 121 Å². The Bertz CT molecular complexity index is 583. The molecule has 0 aromatic heterocycles. The van der Waals surface area contributed by atoms with Crippen LogP contribution in [0.5, 0.6) is 0 Å². The summed E-state index contributed by atoms with van der Waals surface area (Å²) in [6, 6.07) is 16.2. The molecule has 0 aliphatic heterocycles. The molecule has 0 atom stereocenters. The quantitative estimate of drug-likeness (QED) is 0.815. The molecule has 0 unspecified atom stereocenters. The average molecular weight is 267 g/mol. The molecule has 0 spiro atoms. The Balaban J connectivity index is 2.27. The third-order valence-corrected chi connectivity index (χ3v) is 3.64. The largest absolute Gasteiger partial charge is 0.339 e. The zero-order chi connectivity index (χ0) is 14.5. The third kappa shape index (κ3) is 2.90. The molecule has 0 N–H and O–H groups in total. The topological polar surface area (TPSA) is 20.3 Å². The number of carbonyl (C=O) groups is 1. The van der Waals surface area contributed by atoms with Gasteiger partial charge in [-0.3, -0.25) is 4.79 Å². The molecule has 0 saturated carbocycles. The van der Waals surface area contributed by atoms with Gasteiger partial charge in [-0.05, 0) is 49.6 Å². The number of rotatable bonds is 4. The summed E-state index contributed by atoms with van der Waals surface area (Å²) < 4.78 is 0. The number of benzene rings is 2. The van der Waals surface area contributed by atoms with Crippen molar-refractivity contribution >= 4 is 5.91 Å². The fourth-order valence-electron chi connectivity index (χ4n) is 2.38. The Kier molecular flexibility index (Phi) is 4.57. The molecule has 20 heavy (non-hydrogen) atoms. The molecule has 0 aliphatic carbocycles. The van der Waals surface area contributed by atoms with E-state index in [0.29, 0.717) is 0 Å². The standard InChI is InChI=1S/C18H21NO/c1-4-19(5-2)18(20)16-12-10-15(11-13-16)17-9-7-6-8-14(17)3/h6-13H,4-5H2,1-3H3. The van der Waals surface area contributed by atoms with E-state index in [9.17, 15) is 4.79 Å². The average Bonchev–Trinajstić information content (AvgIpc) is 2.49. The van der Waals surface area contributed by atoms with E-state index in [1.807, 2.05) is 55.1 Å². The van der Waals surface area contributed by atoms with Crippen LogP contribution in [-0.4, -0.2) is 23.9 Å². The van der Waals surface area contributed by atoms with Crippen LogP contribution in [0.4, 0.5) is 0 Å². The lowest BCUT2D eigenvalue weighted by atomic mass is 9.99. The summed E-state index contributed by atoms with van der Waals surface area (Å²) in [7, 11) is 0. The Hall–Kier alpha value is -2.09. The van der Waals surface area contributed by atoms with Crippen molar-refractivity contribution in [2.45, 2.75) is 20.8 Å². The van der Waals surface area contributed by atoms with Crippen molar-refractivity contribution in [2.24, 2.45) is 0 Å². The number of nitrogens with zero attached hydrogens (tertiary/aromatic N) is 1. The summed E-state index contributed by atoms with van der Waals surface area (Å²) in [5.74, 6) is 0.103. The first-order valence-corrected chi connectivity index (χ1v) is 7.12. The molecule has 2 rings (SSSR count). The van der Waals surface area contributed by atoms with Gasteiger partial charge in [-0.2, -0.15) is 0 Å². The van der Waals surface area contributed by atoms with Gasteiger partial charge in [0.1, 0.15) is 0 Å². The Morgan fingerprint density at radius 1 is 0.950 bits per heavy atom. The summed E-state index contributed by atoms with van der Waals surface area (Å²) >= 11 is 0. The lowest BCUT2D eigenvalue weighted by Crippen LogP contribution is -2.30. The Morgan fingerprint density at radius 2 is 1.55 bits per heavy atom. The molecular weight excluding hydrogens is 246 g/mol. The minimum Gasteiger partial charge on any atom is -0.339 e. The molecule has 2 heteroatoms. The summed E-state index contributed by atoms with van der Waals surface area (Å²) in [5.41, 5.74) is 4.37. The normalized spacial score (nSPS) is 10.3. The van der Waals surface area contributed by atoms with Gasteiger partial charge in [-0.25, -0.2) is 0 Å². The van der Waals surface area contributed by atoms with Crippen molar-refractivity contribution in [2.75, 3.05) is 13.1 Å². The van der Waals surface area contributed by atoms with Crippen LogP contribution in [0.2, 0.25) is 0 Å². The van der Waals surface area contributed by atoms with Gasteiger partial charge < -0.3 is 4.90 Å². The maximum Gasteiger partial charge on any atom is 0.253 e. The summed E-state index contributed by atoms with van der Waals surface area (Å²) in [4.78, 5) is 14.1. The third-order valence-electron chi connectivity index (χ3n) is 3.64. The number of aryl methyl sites for hydroxylation is 1. The van der Waals surface area contributed by atoms with Crippen molar-refractivity contribution in [1.82, 2.24) is 4.90 Å². The van der Waals surface area contributed by atoms with E-state index in [1.54, 1.807) is 0 Å². The lowest BCUT2D eigenvalue weighted by Gasteiger charge is -2.18. The van der Waals surface area contributed by atoms with Gasteiger partial charge in [0, 0.05) is 18.7 Å². The molecule has 0 saturated heterocycles. The van der Waals surface area contributed by atoms with Gasteiger partial charge in [0.25, 0.3) is 5.91 Å². The lowest BCUT2D eigenvalue weighted by molar-refractivity contribution is 0.0773. The maximum atomic E-state index is 12.2. The van der Waals surface area contributed by atoms with Crippen LogP contribution >= 0.6 is 0 Å². The minimum absolute atomic E-state index is 0.103. The fraction of sp³-hybridized carbons (Fsp3) is 0.278. The SMILES string of the molecule is CCN(CC)C(=O)c1ccc(-c2ccccc2C)cc1. The van der Waals surface area contributed by atoms with Crippen molar-refractivity contribution in [3.63, 3.8) is 0 Å². The molecule has 104 valence electrons. The number of amides is 1. The second-order valence-electron chi connectivity index (χ2n) is 4.87. The fourth-order valence-corrected chi connectivity index (χ4v) is 2.38. The van der Waals surface area contributed by atoms with Crippen LogP contribution in [0.25, 0.3) is 11.1 Å². The molecule has 2 aromatic rings. The zero-order valence-electron chi connectivity index (χ0n) is 12.4. The van der Waals surface area contributed by atoms with Gasteiger partial charge in [0.2, 0.25) is 0 Å². The van der Waals surface area contributed by atoms with Gasteiger partial charge in [0.05, 0.1) is 0 Å². The first-order valence-electron chi connectivity index (χ1n) is 7.12. The van der Waals surface area contributed by atoms with E-state index in [-0.39, 0.29) is 5.91 Å². The molecule has 2 nitrogen and oxygen atoms in total. The monoisotopic (exact) mass is 267 g/mol. The molecular formula is C18H21NO. The highest BCUT2D eigenvalue weighted by atomic mass is 16.2. The van der Waals surface area contributed by atoms with E-state index in [2.05, 4.69) is 19.1 Å². The van der Waals surface area contributed by atoms with E-state index in [1.165, 1.54) is 11.1 Å². The summed E-state index contributed by atoms with van der Waals surface area (Å²) in [5, 5.41) is 0. The molecule has 2 aromatic carbocycles. The first kappa shape index (κ1) is 14.3. The van der Waals surface area contributed by atoms with Crippen LogP contribution in [0.3, 0.4) is 0 Å². The molecule has 0 fully saturated rings. The van der Waals surface area contributed by atoms with Gasteiger partial charge in [-0.1, -0.05) is 36.4 Å². The second-order valence-corrected chi connectivity index (χ2v) is 4.87.